The van der Waals surface area contributed by atoms with Gasteiger partial charge in [-0.1, -0.05) is 31.0 Å². The third-order valence-electron chi connectivity index (χ3n) is 3.64. The lowest BCUT2D eigenvalue weighted by molar-refractivity contribution is -0.132. The Morgan fingerprint density at radius 2 is 1.95 bits per heavy atom. The Hall–Kier alpha value is -1.42. The average molecular weight is 264 g/mol. The molecule has 19 heavy (non-hydrogen) atoms. The van der Waals surface area contributed by atoms with E-state index in [1.165, 1.54) is 6.07 Å². The van der Waals surface area contributed by atoms with Crippen LogP contribution in [0.1, 0.15) is 43.7 Å². The van der Waals surface area contributed by atoms with E-state index in [9.17, 15) is 9.18 Å². The maximum Gasteiger partial charge on any atom is 0.222 e. The predicted molar refractivity (Wildman–Crippen MR) is 73.0 cm³/mol. The van der Waals surface area contributed by atoms with Crippen molar-refractivity contribution in [3.8, 4) is 0 Å². The summed E-state index contributed by atoms with van der Waals surface area (Å²) in [5, 5.41) is 0. The van der Waals surface area contributed by atoms with E-state index in [1.807, 2.05) is 0 Å². The van der Waals surface area contributed by atoms with Crippen molar-refractivity contribution in [2.45, 2.75) is 38.1 Å². The number of hydrogen-bond acceptors (Lipinski definition) is 2. The van der Waals surface area contributed by atoms with E-state index in [0.29, 0.717) is 18.5 Å². The molecule has 0 aromatic heterocycles. The number of likely N-dealkylation sites (tertiary alicyclic amines) is 1. The molecule has 1 atom stereocenters. The molecule has 1 fully saturated rings. The second kappa shape index (κ2) is 6.66. The highest BCUT2D eigenvalue weighted by molar-refractivity contribution is 5.76. The van der Waals surface area contributed by atoms with Crippen LogP contribution in [-0.4, -0.2) is 23.9 Å². The second-order valence-electron chi connectivity index (χ2n) is 5.13. The molecular formula is C15H21FN2O. The topological polar surface area (TPSA) is 46.3 Å². The Morgan fingerprint density at radius 3 is 2.74 bits per heavy atom. The molecule has 0 bridgehead atoms. The number of hydrogen-bond donors (Lipinski definition) is 1. The lowest BCUT2D eigenvalue weighted by atomic mass is 10.0. The maximum atomic E-state index is 13.7. The average Bonchev–Trinajstić information content (AvgIpc) is 2.39. The zero-order valence-electron chi connectivity index (χ0n) is 11.1. The minimum Gasteiger partial charge on any atom is -0.341 e. The standard InChI is InChI=1S/C15H21FN2O/c16-13-8-5-4-7-12(13)14(17)11-18-10-6-2-1-3-9-15(18)19/h4-5,7-8,14H,1-3,6,9-11,17H2. The Kier molecular flexibility index (Phi) is 4.91. The van der Waals surface area contributed by atoms with Gasteiger partial charge in [-0.2, -0.15) is 0 Å². The molecule has 2 N–H and O–H groups in total. The van der Waals surface area contributed by atoms with Gasteiger partial charge in [-0.25, -0.2) is 4.39 Å². The third-order valence-corrected chi connectivity index (χ3v) is 3.64. The molecule has 1 saturated heterocycles. The Labute approximate surface area is 113 Å². The molecular weight excluding hydrogens is 243 g/mol. The van der Waals surface area contributed by atoms with Gasteiger partial charge in [0.05, 0.1) is 6.04 Å². The van der Waals surface area contributed by atoms with Gasteiger partial charge in [-0.3, -0.25) is 4.79 Å². The lowest BCUT2D eigenvalue weighted by Gasteiger charge is -2.27. The molecule has 2 rings (SSSR count). The van der Waals surface area contributed by atoms with E-state index in [1.54, 1.807) is 23.1 Å². The summed E-state index contributed by atoms with van der Waals surface area (Å²) in [5.74, 6) is -0.152. The molecule has 1 unspecified atom stereocenters. The van der Waals surface area contributed by atoms with Gasteiger partial charge >= 0.3 is 0 Å². The molecule has 1 aliphatic rings. The summed E-state index contributed by atoms with van der Waals surface area (Å²) < 4.78 is 13.7. The van der Waals surface area contributed by atoms with Crippen molar-refractivity contribution in [2.24, 2.45) is 5.73 Å². The van der Waals surface area contributed by atoms with E-state index in [0.717, 1.165) is 32.2 Å². The van der Waals surface area contributed by atoms with Crippen LogP contribution >= 0.6 is 0 Å². The highest BCUT2D eigenvalue weighted by Crippen LogP contribution is 2.18. The lowest BCUT2D eigenvalue weighted by Crippen LogP contribution is -2.38. The molecule has 1 amide bonds. The second-order valence-corrected chi connectivity index (χ2v) is 5.13. The SMILES string of the molecule is NC(CN1CCCCCCC1=O)c1ccccc1F. The first-order valence-electron chi connectivity index (χ1n) is 6.96. The van der Waals surface area contributed by atoms with Gasteiger partial charge in [-0.15, -0.1) is 0 Å². The fourth-order valence-electron chi connectivity index (χ4n) is 2.52. The number of benzene rings is 1. The van der Waals surface area contributed by atoms with Gasteiger partial charge in [0.15, 0.2) is 0 Å². The van der Waals surface area contributed by atoms with Crippen molar-refractivity contribution < 1.29 is 9.18 Å². The van der Waals surface area contributed by atoms with E-state index >= 15 is 0 Å². The Morgan fingerprint density at radius 1 is 1.21 bits per heavy atom. The number of carbonyl (C=O) groups is 1. The molecule has 1 aliphatic heterocycles. The number of halogens is 1. The fraction of sp³-hybridized carbons (Fsp3) is 0.533. The van der Waals surface area contributed by atoms with Crippen molar-refractivity contribution in [3.05, 3.63) is 35.6 Å². The van der Waals surface area contributed by atoms with E-state index < -0.39 is 6.04 Å². The zero-order chi connectivity index (χ0) is 13.7. The Bertz CT molecular complexity index is 436. The fourth-order valence-corrected chi connectivity index (χ4v) is 2.52. The summed E-state index contributed by atoms with van der Waals surface area (Å²) >= 11 is 0. The Balaban J connectivity index is 2.02. The summed E-state index contributed by atoms with van der Waals surface area (Å²) in [7, 11) is 0. The first kappa shape index (κ1) is 14.0. The molecule has 1 heterocycles. The number of amides is 1. The van der Waals surface area contributed by atoms with Gasteiger partial charge in [0.2, 0.25) is 5.91 Å². The van der Waals surface area contributed by atoms with E-state index in [2.05, 4.69) is 0 Å². The van der Waals surface area contributed by atoms with Gasteiger partial charge in [-0.05, 0) is 18.9 Å². The number of nitrogens with zero attached hydrogens (tertiary/aromatic N) is 1. The quantitative estimate of drug-likeness (QED) is 0.912. The van der Waals surface area contributed by atoms with Crippen LogP contribution in [0.15, 0.2) is 24.3 Å². The highest BCUT2D eigenvalue weighted by atomic mass is 19.1. The number of carbonyl (C=O) groups excluding carboxylic acids is 1. The molecule has 1 aromatic carbocycles. The number of rotatable bonds is 3. The molecule has 3 nitrogen and oxygen atoms in total. The predicted octanol–water partition coefficient (Wildman–Crippen LogP) is 2.62. The van der Waals surface area contributed by atoms with Gasteiger partial charge in [0.25, 0.3) is 0 Å². The minimum atomic E-state index is -0.454. The molecule has 4 heteroatoms. The minimum absolute atomic E-state index is 0.145. The van der Waals surface area contributed by atoms with E-state index in [-0.39, 0.29) is 11.7 Å². The molecule has 0 saturated carbocycles. The third kappa shape index (κ3) is 3.77. The summed E-state index contributed by atoms with van der Waals surface area (Å²) in [6.07, 6.45) is 4.82. The van der Waals surface area contributed by atoms with Crippen molar-refractivity contribution in [3.63, 3.8) is 0 Å². The first-order chi connectivity index (χ1) is 9.18. The van der Waals surface area contributed by atoms with Crippen LogP contribution < -0.4 is 5.73 Å². The van der Waals surface area contributed by atoms with Crippen LogP contribution in [0.5, 0.6) is 0 Å². The van der Waals surface area contributed by atoms with Crippen molar-refractivity contribution in [1.29, 1.82) is 0 Å². The maximum absolute atomic E-state index is 13.7. The van der Waals surface area contributed by atoms with Crippen LogP contribution in [-0.2, 0) is 4.79 Å². The summed E-state index contributed by atoms with van der Waals surface area (Å²) in [6, 6.07) is 6.06. The van der Waals surface area contributed by atoms with Crippen molar-refractivity contribution in [1.82, 2.24) is 4.90 Å². The zero-order valence-corrected chi connectivity index (χ0v) is 11.1. The smallest absolute Gasteiger partial charge is 0.222 e. The van der Waals surface area contributed by atoms with Gasteiger partial charge < -0.3 is 10.6 Å². The van der Waals surface area contributed by atoms with Gasteiger partial charge in [0, 0.05) is 25.1 Å². The van der Waals surface area contributed by atoms with Crippen LogP contribution in [0.4, 0.5) is 4.39 Å². The van der Waals surface area contributed by atoms with Crippen LogP contribution in [0.3, 0.4) is 0 Å². The summed E-state index contributed by atoms with van der Waals surface area (Å²) in [6.45, 7) is 1.14. The normalized spacial score (nSPS) is 18.8. The summed E-state index contributed by atoms with van der Waals surface area (Å²) in [4.78, 5) is 13.8. The molecule has 0 spiro atoms. The monoisotopic (exact) mass is 264 g/mol. The van der Waals surface area contributed by atoms with Gasteiger partial charge in [0.1, 0.15) is 5.82 Å². The van der Waals surface area contributed by atoms with E-state index in [4.69, 9.17) is 5.73 Å². The van der Waals surface area contributed by atoms with Crippen LogP contribution in [0.2, 0.25) is 0 Å². The first-order valence-corrected chi connectivity index (χ1v) is 6.96. The van der Waals surface area contributed by atoms with Crippen molar-refractivity contribution >= 4 is 5.91 Å². The largest absolute Gasteiger partial charge is 0.341 e. The summed E-state index contributed by atoms with van der Waals surface area (Å²) in [5.41, 5.74) is 6.53. The van der Waals surface area contributed by atoms with Crippen LogP contribution in [0, 0.1) is 5.82 Å². The molecule has 104 valence electrons. The number of nitrogens with two attached hydrogens (primary N) is 1. The highest BCUT2D eigenvalue weighted by Gasteiger charge is 2.20. The van der Waals surface area contributed by atoms with Crippen LogP contribution in [0.25, 0.3) is 0 Å². The van der Waals surface area contributed by atoms with Crippen molar-refractivity contribution in [2.75, 3.05) is 13.1 Å². The molecule has 0 radical (unpaired) electrons. The molecule has 0 aliphatic carbocycles. The molecule has 1 aromatic rings.